The van der Waals surface area contributed by atoms with Gasteiger partial charge in [-0.15, -0.1) is 0 Å². The molecule has 2 aromatic rings. The summed E-state index contributed by atoms with van der Waals surface area (Å²) < 4.78 is 25.7. The number of anilines is 2. The highest BCUT2D eigenvalue weighted by atomic mass is 32.2. The Bertz CT molecular complexity index is 682. The lowest BCUT2D eigenvalue weighted by Crippen LogP contribution is -2.20. The number of nitrogens with two attached hydrogens (primary N) is 1. The van der Waals surface area contributed by atoms with Gasteiger partial charge in [-0.2, -0.15) is 0 Å². The van der Waals surface area contributed by atoms with Crippen LogP contribution in [0.15, 0.2) is 35.5 Å². The number of hydrogen-bond acceptors (Lipinski definition) is 5. The van der Waals surface area contributed by atoms with Gasteiger partial charge in [-0.1, -0.05) is 0 Å². The standard InChI is InChI=1S/C12H17N5O2S/c1-8(12-15-5-6-16-12)17-9-3-4-11(10(13)7-9)20(18,19)14-2/h3-8,14,17H,13H2,1-2H3,(H,15,16). The van der Waals surface area contributed by atoms with Crippen LogP contribution in [0.5, 0.6) is 0 Å². The summed E-state index contributed by atoms with van der Waals surface area (Å²) in [6, 6.07) is 4.68. The van der Waals surface area contributed by atoms with Gasteiger partial charge in [0.1, 0.15) is 10.7 Å². The van der Waals surface area contributed by atoms with Gasteiger partial charge in [-0.3, -0.25) is 0 Å². The van der Waals surface area contributed by atoms with Gasteiger partial charge in [-0.05, 0) is 32.2 Å². The zero-order chi connectivity index (χ0) is 14.8. The minimum atomic E-state index is -3.54. The Morgan fingerprint density at radius 2 is 2.15 bits per heavy atom. The van der Waals surface area contributed by atoms with Crippen LogP contribution >= 0.6 is 0 Å². The molecule has 0 amide bonds. The zero-order valence-corrected chi connectivity index (χ0v) is 12.0. The van der Waals surface area contributed by atoms with Crippen LogP contribution in [0.25, 0.3) is 0 Å². The molecule has 0 aliphatic carbocycles. The van der Waals surface area contributed by atoms with Crippen molar-refractivity contribution in [1.82, 2.24) is 14.7 Å². The maximum Gasteiger partial charge on any atom is 0.242 e. The number of hydrogen-bond donors (Lipinski definition) is 4. The molecule has 108 valence electrons. The van der Waals surface area contributed by atoms with Crippen LogP contribution in [-0.2, 0) is 10.0 Å². The van der Waals surface area contributed by atoms with Crippen LogP contribution in [-0.4, -0.2) is 25.4 Å². The van der Waals surface area contributed by atoms with E-state index in [-0.39, 0.29) is 16.6 Å². The Morgan fingerprint density at radius 3 is 2.70 bits per heavy atom. The van der Waals surface area contributed by atoms with Crippen molar-refractivity contribution in [3.8, 4) is 0 Å². The lowest BCUT2D eigenvalue weighted by atomic mass is 10.2. The first-order valence-corrected chi connectivity index (χ1v) is 7.51. The van der Waals surface area contributed by atoms with Gasteiger partial charge in [0.15, 0.2) is 0 Å². The van der Waals surface area contributed by atoms with E-state index in [0.717, 1.165) is 11.5 Å². The number of benzene rings is 1. The van der Waals surface area contributed by atoms with Crippen LogP contribution in [0.1, 0.15) is 18.8 Å². The van der Waals surface area contributed by atoms with Gasteiger partial charge in [0, 0.05) is 18.1 Å². The predicted octanol–water partition coefficient (Wildman–Crippen LogP) is 1.07. The van der Waals surface area contributed by atoms with E-state index < -0.39 is 10.0 Å². The molecule has 0 saturated heterocycles. The number of nitrogens with one attached hydrogen (secondary N) is 3. The molecule has 0 saturated carbocycles. The number of imidazole rings is 1. The monoisotopic (exact) mass is 295 g/mol. The molecule has 1 heterocycles. The fraction of sp³-hybridized carbons (Fsp3) is 0.250. The molecule has 0 fully saturated rings. The quantitative estimate of drug-likeness (QED) is 0.616. The van der Waals surface area contributed by atoms with Gasteiger partial charge in [-0.25, -0.2) is 18.1 Å². The van der Waals surface area contributed by atoms with Gasteiger partial charge in [0.25, 0.3) is 0 Å². The first kappa shape index (κ1) is 14.4. The third-order valence-corrected chi connectivity index (χ3v) is 4.37. The van der Waals surface area contributed by atoms with E-state index in [9.17, 15) is 8.42 Å². The highest BCUT2D eigenvalue weighted by Crippen LogP contribution is 2.24. The molecule has 1 aromatic heterocycles. The number of nitrogen functional groups attached to an aromatic ring is 1. The second-order valence-electron chi connectivity index (χ2n) is 4.30. The van der Waals surface area contributed by atoms with E-state index >= 15 is 0 Å². The van der Waals surface area contributed by atoms with Gasteiger partial charge in [0.05, 0.1) is 11.7 Å². The highest BCUT2D eigenvalue weighted by molar-refractivity contribution is 7.89. The van der Waals surface area contributed by atoms with Crippen LogP contribution in [0.2, 0.25) is 0 Å². The van der Waals surface area contributed by atoms with Crippen molar-refractivity contribution < 1.29 is 8.42 Å². The zero-order valence-electron chi connectivity index (χ0n) is 11.2. The topological polar surface area (TPSA) is 113 Å². The lowest BCUT2D eigenvalue weighted by Gasteiger charge is -2.14. The Labute approximate surface area is 117 Å². The normalized spacial score (nSPS) is 13.1. The molecule has 7 nitrogen and oxygen atoms in total. The van der Waals surface area contributed by atoms with Crippen molar-refractivity contribution in [2.24, 2.45) is 0 Å². The van der Waals surface area contributed by atoms with Crippen LogP contribution in [0.4, 0.5) is 11.4 Å². The molecule has 8 heteroatoms. The van der Waals surface area contributed by atoms with Crippen LogP contribution in [0, 0.1) is 0 Å². The molecule has 0 radical (unpaired) electrons. The summed E-state index contributed by atoms with van der Waals surface area (Å²) in [5.41, 5.74) is 6.71. The molecule has 0 aliphatic heterocycles. The van der Waals surface area contributed by atoms with Gasteiger partial charge >= 0.3 is 0 Å². The van der Waals surface area contributed by atoms with Crippen molar-refractivity contribution >= 4 is 21.4 Å². The summed E-state index contributed by atoms with van der Waals surface area (Å²) in [6.07, 6.45) is 3.41. The van der Waals surface area contributed by atoms with Crippen LogP contribution < -0.4 is 15.8 Å². The van der Waals surface area contributed by atoms with Crippen molar-refractivity contribution in [1.29, 1.82) is 0 Å². The molecular weight excluding hydrogens is 278 g/mol. The van der Waals surface area contributed by atoms with E-state index in [1.54, 1.807) is 24.5 Å². The number of aromatic nitrogens is 2. The third kappa shape index (κ3) is 2.91. The van der Waals surface area contributed by atoms with Crippen molar-refractivity contribution in [3.05, 3.63) is 36.4 Å². The molecule has 2 rings (SSSR count). The molecular formula is C12H17N5O2S. The number of aromatic amines is 1. The Morgan fingerprint density at radius 1 is 1.40 bits per heavy atom. The van der Waals surface area contributed by atoms with Gasteiger partial charge < -0.3 is 16.0 Å². The maximum absolute atomic E-state index is 11.7. The molecule has 20 heavy (non-hydrogen) atoms. The lowest BCUT2D eigenvalue weighted by molar-refractivity contribution is 0.588. The third-order valence-electron chi connectivity index (χ3n) is 2.88. The maximum atomic E-state index is 11.7. The number of H-pyrrole nitrogens is 1. The SMILES string of the molecule is CNS(=O)(=O)c1ccc(NC(C)c2ncc[nH]2)cc1N. The Kier molecular flexibility index (Phi) is 3.96. The van der Waals surface area contributed by atoms with Crippen molar-refractivity contribution in [3.63, 3.8) is 0 Å². The van der Waals surface area contributed by atoms with E-state index in [4.69, 9.17) is 5.73 Å². The molecule has 0 bridgehead atoms. The van der Waals surface area contributed by atoms with E-state index in [2.05, 4.69) is 20.0 Å². The summed E-state index contributed by atoms with van der Waals surface area (Å²) >= 11 is 0. The molecule has 1 unspecified atom stereocenters. The summed E-state index contributed by atoms with van der Waals surface area (Å²) in [7, 11) is -2.19. The number of sulfonamides is 1. The smallest absolute Gasteiger partial charge is 0.242 e. The first-order valence-electron chi connectivity index (χ1n) is 6.03. The molecule has 1 atom stereocenters. The minimum absolute atomic E-state index is 0.0452. The number of nitrogens with zero attached hydrogens (tertiary/aromatic N) is 1. The van der Waals surface area contributed by atoms with Crippen LogP contribution in [0.3, 0.4) is 0 Å². The largest absolute Gasteiger partial charge is 0.398 e. The average molecular weight is 295 g/mol. The molecule has 1 aromatic carbocycles. The first-order chi connectivity index (χ1) is 9.44. The average Bonchev–Trinajstić information content (AvgIpc) is 2.92. The second kappa shape index (κ2) is 5.51. The molecule has 0 aliphatic rings. The van der Waals surface area contributed by atoms with E-state index in [1.807, 2.05) is 6.92 Å². The Balaban J connectivity index is 2.22. The van der Waals surface area contributed by atoms with Crippen molar-refractivity contribution in [2.45, 2.75) is 17.9 Å². The second-order valence-corrected chi connectivity index (χ2v) is 6.16. The fourth-order valence-corrected chi connectivity index (χ4v) is 2.66. The van der Waals surface area contributed by atoms with Gasteiger partial charge in [0.2, 0.25) is 10.0 Å². The fourth-order valence-electron chi connectivity index (χ4n) is 1.83. The van der Waals surface area contributed by atoms with E-state index in [1.165, 1.54) is 13.1 Å². The van der Waals surface area contributed by atoms with Crippen molar-refractivity contribution in [2.75, 3.05) is 18.1 Å². The summed E-state index contributed by atoms with van der Waals surface area (Å²) in [6.45, 7) is 1.94. The predicted molar refractivity (Wildman–Crippen MR) is 77.7 cm³/mol. The summed E-state index contributed by atoms with van der Waals surface area (Å²) in [4.78, 5) is 7.22. The molecule has 0 spiro atoms. The number of rotatable bonds is 5. The summed E-state index contributed by atoms with van der Waals surface area (Å²) in [5.74, 6) is 0.787. The Hall–Kier alpha value is -2.06. The molecule has 5 N–H and O–H groups in total. The van der Waals surface area contributed by atoms with E-state index in [0.29, 0.717) is 0 Å². The minimum Gasteiger partial charge on any atom is -0.398 e. The summed E-state index contributed by atoms with van der Waals surface area (Å²) in [5, 5.41) is 3.19. The highest BCUT2D eigenvalue weighted by Gasteiger charge is 2.16.